The molecule has 2 aromatic heterocycles. The lowest BCUT2D eigenvalue weighted by atomic mass is 10.2. The molecule has 0 aliphatic heterocycles. The normalized spacial score (nSPS) is 15.5. The Kier molecular flexibility index (Phi) is 3.16. The molecule has 19 heavy (non-hydrogen) atoms. The zero-order valence-corrected chi connectivity index (χ0v) is 11.3. The molecule has 2 aromatic rings. The Balaban J connectivity index is 1.65. The van der Waals surface area contributed by atoms with E-state index in [-0.39, 0.29) is 5.91 Å². The number of amides is 1. The lowest BCUT2D eigenvalue weighted by molar-refractivity contribution is 0.0950. The maximum Gasteiger partial charge on any atom is 0.291 e. The van der Waals surface area contributed by atoms with Crippen molar-refractivity contribution in [2.24, 2.45) is 5.10 Å². The summed E-state index contributed by atoms with van der Waals surface area (Å²) in [4.78, 5) is 12.9. The Morgan fingerprint density at radius 1 is 1.58 bits per heavy atom. The van der Waals surface area contributed by atoms with Crippen LogP contribution in [0.15, 0.2) is 28.7 Å². The minimum absolute atomic E-state index is 0.279. The van der Waals surface area contributed by atoms with Crippen molar-refractivity contribution in [1.82, 2.24) is 15.6 Å². The third kappa shape index (κ3) is 2.73. The molecule has 0 aromatic carbocycles. The Morgan fingerprint density at radius 3 is 3.11 bits per heavy atom. The maximum atomic E-state index is 11.9. The number of nitrogens with one attached hydrogen (secondary N) is 2. The average Bonchev–Trinajstić information content (AvgIpc) is 2.96. The van der Waals surface area contributed by atoms with Gasteiger partial charge in [-0.15, -0.1) is 11.3 Å². The number of hydrogen-bond acceptors (Lipinski definition) is 4. The standard InChI is InChI=1S/C13H14N4OS/c1-8(12-3-2-6-19-12)14-17-13(18)11-7-10(15-16-11)9-4-5-9/h2-3,6-7,9H,4-5H2,1H3,(H,15,16)(H,17,18)/b14-8-. The first kappa shape index (κ1) is 12.1. The number of thiophene rings is 1. The number of hydrogen-bond donors (Lipinski definition) is 2. The molecule has 1 aliphatic carbocycles. The van der Waals surface area contributed by atoms with Gasteiger partial charge in [-0.25, -0.2) is 5.43 Å². The van der Waals surface area contributed by atoms with Crippen molar-refractivity contribution in [2.75, 3.05) is 0 Å². The zero-order chi connectivity index (χ0) is 13.2. The molecule has 1 saturated carbocycles. The fraction of sp³-hybridized carbons (Fsp3) is 0.308. The first-order chi connectivity index (χ1) is 9.24. The fourth-order valence-corrected chi connectivity index (χ4v) is 2.46. The predicted molar refractivity (Wildman–Crippen MR) is 74.6 cm³/mol. The third-order valence-electron chi connectivity index (χ3n) is 3.05. The molecule has 0 spiro atoms. The van der Waals surface area contributed by atoms with E-state index >= 15 is 0 Å². The van der Waals surface area contributed by atoms with Crippen LogP contribution in [-0.2, 0) is 0 Å². The number of H-pyrrole nitrogens is 1. The predicted octanol–water partition coefficient (Wildman–Crippen LogP) is 2.50. The molecule has 1 fully saturated rings. The van der Waals surface area contributed by atoms with E-state index in [1.54, 1.807) is 11.3 Å². The van der Waals surface area contributed by atoms with Gasteiger partial charge in [0.05, 0.1) is 5.71 Å². The highest BCUT2D eigenvalue weighted by Crippen LogP contribution is 2.38. The molecule has 0 atom stereocenters. The zero-order valence-electron chi connectivity index (χ0n) is 10.5. The molecular formula is C13H14N4OS. The van der Waals surface area contributed by atoms with E-state index in [0.717, 1.165) is 16.3 Å². The van der Waals surface area contributed by atoms with Crippen LogP contribution in [0.5, 0.6) is 0 Å². The summed E-state index contributed by atoms with van der Waals surface area (Å²) in [6.45, 7) is 1.87. The first-order valence-electron chi connectivity index (χ1n) is 6.18. The van der Waals surface area contributed by atoms with Crippen LogP contribution in [-0.4, -0.2) is 21.8 Å². The summed E-state index contributed by atoms with van der Waals surface area (Å²) in [5, 5.41) is 13.0. The van der Waals surface area contributed by atoms with E-state index in [9.17, 15) is 4.79 Å². The quantitative estimate of drug-likeness (QED) is 0.664. The van der Waals surface area contributed by atoms with Crippen LogP contribution in [0.1, 0.15) is 46.7 Å². The summed E-state index contributed by atoms with van der Waals surface area (Å²) in [5.41, 5.74) is 4.76. The smallest absolute Gasteiger partial charge is 0.281 e. The van der Waals surface area contributed by atoms with Crippen LogP contribution < -0.4 is 5.43 Å². The minimum atomic E-state index is -0.279. The van der Waals surface area contributed by atoms with Gasteiger partial charge in [-0.1, -0.05) is 6.07 Å². The summed E-state index contributed by atoms with van der Waals surface area (Å²) in [7, 11) is 0. The van der Waals surface area contributed by atoms with E-state index in [1.165, 1.54) is 12.8 Å². The topological polar surface area (TPSA) is 70.1 Å². The summed E-state index contributed by atoms with van der Waals surface area (Å²) < 4.78 is 0. The number of rotatable bonds is 4. The molecule has 3 rings (SSSR count). The number of aromatic amines is 1. The monoisotopic (exact) mass is 274 g/mol. The number of carbonyl (C=O) groups excluding carboxylic acids is 1. The van der Waals surface area contributed by atoms with Gasteiger partial charge in [-0.2, -0.15) is 10.2 Å². The molecule has 0 saturated heterocycles. The Labute approximate surface area is 114 Å². The highest BCUT2D eigenvalue weighted by Gasteiger charge is 2.26. The van der Waals surface area contributed by atoms with Gasteiger partial charge in [0.25, 0.3) is 5.91 Å². The van der Waals surface area contributed by atoms with Gasteiger partial charge in [0.2, 0.25) is 0 Å². The number of nitrogens with zero attached hydrogens (tertiary/aromatic N) is 2. The van der Waals surface area contributed by atoms with Crippen molar-refractivity contribution in [1.29, 1.82) is 0 Å². The highest BCUT2D eigenvalue weighted by molar-refractivity contribution is 7.12. The van der Waals surface area contributed by atoms with Gasteiger partial charge in [0.15, 0.2) is 5.69 Å². The second kappa shape index (κ2) is 4.97. The van der Waals surface area contributed by atoms with Gasteiger partial charge in [0, 0.05) is 16.5 Å². The van der Waals surface area contributed by atoms with Crippen LogP contribution in [0.25, 0.3) is 0 Å². The first-order valence-corrected chi connectivity index (χ1v) is 7.06. The second-order valence-electron chi connectivity index (χ2n) is 4.60. The lowest BCUT2D eigenvalue weighted by Gasteiger charge is -1.98. The van der Waals surface area contributed by atoms with Crippen LogP contribution in [0.3, 0.4) is 0 Å². The minimum Gasteiger partial charge on any atom is -0.281 e. The molecule has 0 unspecified atom stereocenters. The molecule has 5 nitrogen and oxygen atoms in total. The molecule has 1 aliphatic rings. The highest BCUT2D eigenvalue weighted by atomic mass is 32.1. The molecule has 6 heteroatoms. The van der Waals surface area contributed by atoms with Crippen LogP contribution >= 0.6 is 11.3 Å². The Bertz CT molecular complexity index is 610. The van der Waals surface area contributed by atoms with Crippen molar-refractivity contribution < 1.29 is 4.79 Å². The van der Waals surface area contributed by atoms with Gasteiger partial charge in [-0.3, -0.25) is 9.89 Å². The van der Waals surface area contributed by atoms with Gasteiger partial charge in [-0.05, 0) is 37.3 Å². The molecule has 2 N–H and O–H groups in total. The molecule has 0 radical (unpaired) electrons. The van der Waals surface area contributed by atoms with Crippen molar-refractivity contribution in [2.45, 2.75) is 25.7 Å². The van der Waals surface area contributed by atoms with Crippen molar-refractivity contribution in [3.63, 3.8) is 0 Å². The Hall–Kier alpha value is -1.95. The summed E-state index contributed by atoms with van der Waals surface area (Å²) in [6.07, 6.45) is 2.36. The molecule has 2 heterocycles. The van der Waals surface area contributed by atoms with Crippen LogP contribution in [0, 0.1) is 0 Å². The fourth-order valence-electron chi connectivity index (χ4n) is 1.79. The second-order valence-corrected chi connectivity index (χ2v) is 5.55. The molecule has 1 amide bonds. The summed E-state index contributed by atoms with van der Waals surface area (Å²) in [6, 6.07) is 5.73. The maximum absolute atomic E-state index is 11.9. The van der Waals surface area contributed by atoms with E-state index < -0.39 is 0 Å². The van der Waals surface area contributed by atoms with E-state index in [1.807, 2.05) is 30.5 Å². The van der Waals surface area contributed by atoms with Crippen molar-refractivity contribution in [3.8, 4) is 0 Å². The summed E-state index contributed by atoms with van der Waals surface area (Å²) in [5.74, 6) is 0.282. The molecule has 98 valence electrons. The largest absolute Gasteiger partial charge is 0.291 e. The van der Waals surface area contributed by atoms with Crippen molar-refractivity contribution >= 4 is 23.0 Å². The van der Waals surface area contributed by atoms with Gasteiger partial charge >= 0.3 is 0 Å². The van der Waals surface area contributed by atoms with Gasteiger partial charge in [0.1, 0.15) is 0 Å². The molecule has 0 bridgehead atoms. The molecular weight excluding hydrogens is 260 g/mol. The van der Waals surface area contributed by atoms with E-state index in [2.05, 4.69) is 20.7 Å². The number of aromatic nitrogens is 2. The van der Waals surface area contributed by atoms with Crippen LogP contribution in [0.4, 0.5) is 0 Å². The van der Waals surface area contributed by atoms with E-state index in [0.29, 0.717) is 11.6 Å². The third-order valence-corrected chi connectivity index (χ3v) is 4.03. The van der Waals surface area contributed by atoms with Gasteiger partial charge < -0.3 is 0 Å². The van der Waals surface area contributed by atoms with E-state index in [4.69, 9.17) is 0 Å². The van der Waals surface area contributed by atoms with Crippen LogP contribution in [0.2, 0.25) is 0 Å². The SMILES string of the molecule is C/C(=N/NC(=O)c1cc(C2CC2)[nH]n1)c1cccs1. The summed E-state index contributed by atoms with van der Waals surface area (Å²) >= 11 is 1.59. The van der Waals surface area contributed by atoms with Crippen molar-refractivity contribution in [3.05, 3.63) is 39.8 Å². The lowest BCUT2D eigenvalue weighted by Crippen LogP contribution is -2.19. The Morgan fingerprint density at radius 2 is 2.42 bits per heavy atom. The number of hydrazone groups is 1. The average molecular weight is 274 g/mol. The number of carbonyl (C=O) groups is 1.